The first-order valence-corrected chi connectivity index (χ1v) is 28.2. The van der Waals surface area contributed by atoms with Crippen molar-refractivity contribution in [1.29, 1.82) is 0 Å². The van der Waals surface area contributed by atoms with Crippen LogP contribution in [0.1, 0.15) is 245 Å². The van der Waals surface area contributed by atoms with E-state index in [1.165, 1.54) is 135 Å². The van der Waals surface area contributed by atoms with Gasteiger partial charge in [0.05, 0.1) is 19.8 Å². The molecule has 3 unspecified atom stereocenters. The monoisotopic (exact) mass is 938 g/mol. The molecule has 0 aromatic carbocycles. The van der Waals surface area contributed by atoms with Gasteiger partial charge in [-0.25, -0.2) is 4.57 Å². The summed E-state index contributed by atoms with van der Waals surface area (Å²) in [5.41, 5.74) is 5.38. The average molecular weight is 938 g/mol. The SMILES string of the molecule is CC/C=C\C/C=C\C/C=C\C/C=C\CCCCCCCCC(=O)OC(COCCCCCCCCCCCCCCCCCCCCCCCCCC)COP(=O)(O)OCC(N)C(=O)O. The Balaban J connectivity index is 4.10. The molecule has 0 fully saturated rings. The van der Waals surface area contributed by atoms with E-state index < -0.39 is 45.1 Å². The second kappa shape index (κ2) is 49.8. The number of allylic oxidation sites excluding steroid dienone is 8. The van der Waals surface area contributed by atoms with Crippen LogP contribution in [-0.4, -0.2) is 60.5 Å². The van der Waals surface area contributed by atoms with Crippen molar-refractivity contribution in [3.63, 3.8) is 0 Å². The van der Waals surface area contributed by atoms with Crippen LogP contribution >= 0.6 is 7.82 Å². The van der Waals surface area contributed by atoms with Crippen LogP contribution in [0.2, 0.25) is 0 Å². The minimum absolute atomic E-state index is 0.0129. The summed E-state index contributed by atoms with van der Waals surface area (Å²) in [6, 6.07) is -1.48. The van der Waals surface area contributed by atoms with E-state index in [1.54, 1.807) is 0 Å². The van der Waals surface area contributed by atoms with Crippen LogP contribution < -0.4 is 5.73 Å². The average Bonchev–Trinajstić information content (AvgIpc) is 3.29. The molecule has 0 amide bonds. The van der Waals surface area contributed by atoms with Crippen LogP contribution in [0.25, 0.3) is 0 Å². The van der Waals surface area contributed by atoms with Crippen molar-refractivity contribution >= 4 is 19.8 Å². The third-order valence-electron chi connectivity index (χ3n) is 11.6. The normalized spacial score (nSPS) is 14.0. The number of nitrogens with two attached hydrogens (primary N) is 1. The van der Waals surface area contributed by atoms with E-state index in [1.807, 2.05) is 0 Å². The van der Waals surface area contributed by atoms with Crippen molar-refractivity contribution in [2.45, 2.75) is 257 Å². The van der Waals surface area contributed by atoms with Crippen molar-refractivity contribution in [2.75, 3.05) is 26.4 Å². The molecule has 4 N–H and O–H groups in total. The molecular formula is C54H100NO9P. The number of rotatable bonds is 51. The van der Waals surface area contributed by atoms with Crippen LogP contribution in [0.4, 0.5) is 0 Å². The Labute approximate surface area is 399 Å². The molecule has 0 saturated carbocycles. The largest absolute Gasteiger partial charge is 0.480 e. The lowest BCUT2D eigenvalue weighted by Gasteiger charge is -2.20. The number of phosphoric ester groups is 1. The van der Waals surface area contributed by atoms with Crippen LogP contribution in [0.3, 0.4) is 0 Å². The molecule has 0 aliphatic heterocycles. The van der Waals surface area contributed by atoms with E-state index >= 15 is 0 Å². The van der Waals surface area contributed by atoms with Crippen LogP contribution in [-0.2, 0) is 32.7 Å². The topological polar surface area (TPSA) is 155 Å². The number of hydrogen-bond acceptors (Lipinski definition) is 8. The fourth-order valence-corrected chi connectivity index (χ4v) is 8.32. The molecule has 380 valence electrons. The Kier molecular flexibility index (Phi) is 48.2. The van der Waals surface area contributed by atoms with Crippen molar-refractivity contribution in [2.24, 2.45) is 5.73 Å². The number of carbonyl (C=O) groups excluding carboxylic acids is 1. The van der Waals surface area contributed by atoms with Gasteiger partial charge in [0.2, 0.25) is 0 Å². The maximum absolute atomic E-state index is 12.7. The Morgan fingerprint density at radius 2 is 0.892 bits per heavy atom. The molecule has 65 heavy (non-hydrogen) atoms. The highest BCUT2D eigenvalue weighted by Crippen LogP contribution is 2.43. The third kappa shape index (κ3) is 49.7. The molecule has 0 rings (SSSR count). The second-order valence-corrected chi connectivity index (χ2v) is 19.4. The molecule has 0 aliphatic rings. The van der Waals surface area contributed by atoms with Gasteiger partial charge in [0.1, 0.15) is 12.1 Å². The van der Waals surface area contributed by atoms with Gasteiger partial charge in [0.15, 0.2) is 0 Å². The summed E-state index contributed by atoms with van der Waals surface area (Å²) in [6.45, 7) is 3.80. The van der Waals surface area contributed by atoms with Gasteiger partial charge >= 0.3 is 19.8 Å². The lowest BCUT2D eigenvalue weighted by molar-refractivity contribution is -0.154. The predicted molar refractivity (Wildman–Crippen MR) is 272 cm³/mol. The zero-order valence-corrected chi connectivity index (χ0v) is 42.7. The molecule has 0 radical (unpaired) electrons. The zero-order chi connectivity index (χ0) is 47.6. The molecule has 10 nitrogen and oxygen atoms in total. The smallest absolute Gasteiger partial charge is 0.472 e. The highest BCUT2D eigenvalue weighted by Gasteiger charge is 2.27. The van der Waals surface area contributed by atoms with Gasteiger partial charge in [0.25, 0.3) is 0 Å². The lowest BCUT2D eigenvalue weighted by atomic mass is 10.0. The summed E-state index contributed by atoms with van der Waals surface area (Å²) >= 11 is 0. The summed E-state index contributed by atoms with van der Waals surface area (Å²) in [5, 5.41) is 8.94. The van der Waals surface area contributed by atoms with E-state index in [2.05, 4.69) is 62.5 Å². The molecule has 0 aromatic heterocycles. The molecule has 11 heteroatoms. The number of aliphatic carboxylic acids is 1. The van der Waals surface area contributed by atoms with Gasteiger partial charge in [-0.1, -0.05) is 236 Å². The first-order valence-electron chi connectivity index (χ1n) is 26.7. The lowest BCUT2D eigenvalue weighted by Crippen LogP contribution is -2.34. The van der Waals surface area contributed by atoms with Gasteiger partial charge in [-0.15, -0.1) is 0 Å². The first kappa shape index (κ1) is 62.9. The van der Waals surface area contributed by atoms with Crippen LogP contribution in [0, 0.1) is 0 Å². The quantitative estimate of drug-likeness (QED) is 0.0232. The minimum atomic E-state index is -4.63. The second-order valence-electron chi connectivity index (χ2n) is 18.0. The Hall–Kier alpha value is -2.07. The highest BCUT2D eigenvalue weighted by molar-refractivity contribution is 7.47. The fourth-order valence-electron chi connectivity index (χ4n) is 7.54. The standard InChI is InChI=1S/C54H100NO9P/c1-3-5-7-9-11-13-15-17-19-21-23-24-25-26-27-29-31-33-35-37-39-41-43-45-47-61-48-51(49-62-65(59,60)63-50-52(55)54(57)58)64-53(56)46-44-42-40-38-36-34-32-30-28-22-20-18-16-14-12-10-8-6-4-2/h6,8,12,14,18,20,28,30,51-52H,3-5,7,9-11,13,15-17,19,21-27,29,31-50,55H2,1-2H3,(H,57,58)(H,59,60)/b8-6-,14-12-,20-18-,30-28-. The molecular weight excluding hydrogens is 838 g/mol. The highest BCUT2D eigenvalue weighted by atomic mass is 31.2. The molecule has 0 saturated heterocycles. The van der Waals surface area contributed by atoms with E-state index in [4.69, 9.17) is 29.4 Å². The molecule has 0 bridgehead atoms. The van der Waals surface area contributed by atoms with Crippen molar-refractivity contribution in [3.8, 4) is 0 Å². The van der Waals surface area contributed by atoms with Crippen molar-refractivity contribution in [3.05, 3.63) is 48.6 Å². The van der Waals surface area contributed by atoms with E-state index in [0.717, 1.165) is 83.5 Å². The Morgan fingerprint density at radius 3 is 1.34 bits per heavy atom. The van der Waals surface area contributed by atoms with Gasteiger partial charge in [-0.3, -0.25) is 18.6 Å². The van der Waals surface area contributed by atoms with Gasteiger partial charge < -0.3 is 25.2 Å². The van der Waals surface area contributed by atoms with Crippen molar-refractivity contribution < 1.29 is 42.7 Å². The maximum Gasteiger partial charge on any atom is 0.472 e. The number of ether oxygens (including phenoxy) is 2. The summed E-state index contributed by atoms with van der Waals surface area (Å²) in [7, 11) is -4.63. The number of carboxylic acid groups (broad SMARTS) is 1. The summed E-state index contributed by atoms with van der Waals surface area (Å²) in [4.78, 5) is 33.7. The Morgan fingerprint density at radius 1 is 0.508 bits per heavy atom. The molecule has 0 heterocycles. The van der Waals surface area contributed by atoms with Crippen LogP contribution in [0.15, 0.2) is 48.6 Å². The minimum Gasteiger partial charge on any atom is -0.480 e. The Bertz CT molecular complexity index is 1220. The number of hydrogen-bond donors (Lipinski definition) is 3. The van der Waals surface area contributed by atoms with Crippen LogP contribution in [0.5, 0.6) is 0 Å². The van der Waals surface area contributed by atoms with Crippen molar-refractivity contribution in [1.82, 2.24) is 0 Å². The first-order chi connectivity index (χ1) is 31.7. The molecule has 3 atom stereocenters. The molecule has 0 aromatic rings. The summed E-state index contributed by atoms with van der Waals surface area (Å²) in [5.74, 6) is -1.79. The van der Waals surface area contributed by atoms with E-state index in [0.29, 0.717) is 13.0 Å². The van der Waals surface area contributed by atoms with Gasteiger partial charge in [-0.2, -0.15) is 0 Å². The summed E-state index contributed by atoms with van der Waals surface area (Å²) in [6.07, 6.45) is 60.3. The van der Waals surface area contributed by atoms with E-state index in [9.17, 15) is 19.0 Å². The number of esters is 1. The number of unbranched alkanes of at least 4 members (excludes halogenated alkanes) is 29. The zero-order valence-electron chi connectivity index (χ0n) is 41.8. The summed E-state index contributed by atoms with van der Waals surface area (Å²) < 4.78 is 33.5. The maximum atomic E-state index is 12.7. The third-order valence-corrected chi connectivity index (χ3v) is 12.6. The fraction of sp³-hybridized carbons (Fsp3) is 0.815. The van der Waals surface area contributed by atoms with E-state index in [-0.39, 0.29) is 13.0 Å². The number of phosphoric acid groups is 1. The number of carboxylic acids is 1. The number of carbonyl (C=O) groups is 2. The van der Waals surface area contributed by atoms with Gasteiger partial charge in [0, 0.05) is 13.0 Å². The molecule has 0 aliphatic carbocycles. The molecule has 0 spiro atoms. The van der Waals surface area contributed by atoms with Gasteiger partial charge in [-0.05, 0) is 51.4 Å². The predicted octanol–water partition coefficient (Wildman–Crippen LogP) is 15.8.